The second-order valence-corrected chi connectivity index (χ2v) is 6.11. The van der Waals surface area contributed by atoms with Crippen LogP contribution >= 0.6 is 0 Å². The molecule has 13 heteroatoms. The van der Waals surface area contributed by atoms with Gasteiger partial charge in [-0.2, -0.15) is 0 Å². The molecule has 2 rings (SSSR count). The van der Waals surface area contributed by atoms with Gasteiger partial charge in [-0.15, -0.1) is 0 Å². The van der Waals surface area contributed by atoms with Crippen molar-refractivity contribution in [2.75, 3.05) is 52.5 Å². The number of nitrogens with one attached hydrogen (secondary N) is 2. The van der Waals surface area contributed by atoms with E-state index in [2.05, 4.69) is 10.6 Å². The second-order valence-electron chi connectivity index (χ2n) is 6.11. The van der Waals surface area contributed by atoms with E-state index < -0.39 is 23.6 Å². The first-order valence-corrected chi connectivity index (χ1v) is 10.2. The van der Waals surface area contributed by atoms with Gasteiger partial charge in [-0.3, -0.25) is 0 Å². The van der Waals surface area contributed by atoms with Crippen molar-refractivity contribution in [1.29, 1.82) is 0 Å². The zero-order valence-electron chi connectivity index (χ0n) is 19.0. The number of aliphatic hydroxyl groups excluding tert-OH is 2. The van der Waals surface area contributed by atoms with E-state index in [4.69, 9.17) is 21.7 Å². The maximum Gasteiger partial charge on any atom is 2.00 e. The van der Waals surface area contributed by atoms with Crippen LogP contribution in [0.15, 0.2) is 48.5 Å². The van der Waals surface area contributed by atoms with Gasteiger partial charge < -0.3 is 52.1 Å². The average Bonchev–Trinajstić information content (AvgIpc) is 2.82. The number of carbonyl (C=O) groups excluding carboxylic acids is 2. The molecule has 201 valence electrons. The van der Waals surface area contributed by atoms with Gasteiger partial charge in [-0.05, 0) is 35.4 Å². The SMILES string of the molecule is NCCNCCO.NCCNCCO.O=C([O-])c1ccc(F)cc1.O=C([O-])c1ccc(F)cc1.[Cu+2]. The first kappa shape index (κ1) is 37.1. The van der Waals surface area contributed by atoms with Crippen LogP contribution in [0.4, 0.5) is 8.78 Å². The van der Waals surface area contributed by atoms with Crippen LogP contribution in [-0.4, -0.2) is 74.6 Å². The van der Waals surface area contributed by atoms with E-state index in [0.717, 1.165) is 61.6 Å². The molecule has 1 radical (unpaired) electrons. The molecule has 0 atom stereocenters. The molecule has 0 aliphatic heterocycles. The summed E-state index contributed by atoms with van der Waals surface area (Å²) >= 11 is 0. The van der Waals surface area contributed by atoms with E-state index in [1.54, 1.807) is 0 Å². The Labute approximate surface area is 213 Å². The normalized spacial score (nSPS) is 9.09. The molecule has 0 spiro atoms. The van der Waals surface area contributed by atoms with Crippen molar-refractivity contribution in [2.24, 2.45) is 11.5 Å². The van der Waals surface area contributed by atoms with Crippen LogP contribution < -0.4 is 32.3 Å². The van der Waals surface area contributed by atoms with Gasteiger partial charge in [0.1, 0.15) is 11.6 Å². The number of carbonyl (C=O) groups is 2. The third kappa shape index (κ3) is 24.4. The van der Waals surface area contributed by atoms with Crippen LogP contribution in [0.5, 0.6) is 0 Å². The van der Waals surface area contributed by atoms with Gasteiger partial charge in [0.05, 0.1) is 25.2 Å². The number of halogens is 2. The molecule has 0 aliphatic rings. The predicted molar refractivity (Wildman–Crippen MR) is 119 cm³/mol. The topological polar surface area (TPSA) is 197 Å². The second kappa shape index (κ2) is 26.1. The third-order valence-electron chi connectivity index (χ3n) is 3.38. The van der Waals surface area contributed by atoms with Crippen LogP contribution in [0.2, 0.25) is 0 Å². The Morgan fingerprint density at radius 3 is 1.17 bits per heavy atom. The summed E-state index contributed by atoms with van der Waals surface area (Å²) in [5, 5.41) is 42.4. The maximum atomic E-state index is 12.1. The zero-order chi connectivity index (χ0) is 26.2. The molecule has 0 saturated heterocycles. The molecule has 0 aliphatic carbocycles. The first-order valence-electron chi connectivity index (χ1n) is 10.2. The van der Waals surface area contributed by atoms with Gasteiger partial charge in [0.25, 0.3) is 0 Å². The summed E-state index contributed by atoms with van der Waals surface area (Å²) in [6.07, 6.45) is 0. The zero-order valence-corrected chi connectivity index (χ0v) is 20.0. The Kier molecular flexibility index (Phi) is 27.7. The molecule has 2 aromatic carbocycles. The summed E-state index contributed by atoms with van der Waals surface area (Å²) in [6.45, 7) is 4.55. The van der Waals surface area contributed by atoms with Gasteiger partial charge in [0.2, 0.25) is 0 Å². The van der Waals surface area contributed by atoms with E-state index in [0.29, 0.717) is 26.2 Å². The molecule has 0 fully saturated rings. The van der Waals surface area contributed by atoms with Gasteiger partial charge in [0, 0.05) is 39.3 Å². The number of benzene rings is 2. The average molecular weight is 550 g/mol. The number of rotatable bonds is 10. The van der Waals surface area contributed by atoms with Crippen molar-refractivity contribution in [1.82, 2.24) is 10.6 Å². The van der Waals surface area contributed by atoms with E-state index in [-0.39, 0.29) is 41.4 Å². The smallest absolute Gasteiger partial charge is 0.545 e. The third-order valence-corrected chi connectivity index (χ3v) is 3.38. The van der Waals surface area contributed by atoms with Crippen LogP contribution in [0, 0.1) is 11.6 Å². The van der Waals surface area contributed by atoms with Gasteiger partial charge >= 0.3 is 17.1 Å². The Balaban J connectivity index is -0.000000393. The predicted octanol–water partition coefficient (Wildman–Crippen LogP) is -2.57. The number of hydrogen-bond donors (Lipinski definition) is 6. The standard InChI is InChI=1S/2C7H5FO2.2C4H12N2O.Cu/c2*8-6-3-1-5(2-4-6)7(9)10;2*5-1-2-6-3-4-7;/h2*1-4H,(H,9,10);2*6-7H,1-5H2;/q;;;;+2/p-2. The minimum atomic E-state index is -1.29. The number of hydrogen-bond acceptors (Lipinski definition) is 10. The Hall–Kier alpha value is -2.48. The largest absolute Gasteiger partial charge is 2.00 e. The fraction of sp³-hybridized carbons (Fsp3) is 0.364. The maximum absolute atomic E-state index is 12.1. The summed E-state index contributed by atoms with van der Waals surface area (Å²) < 4.78 is 24.3. The number of carboxylic acids is 2. The van der Waals surface area contributed by atoms with Crippen molar-refractivity contribution in [3.8, 4) is 0 Å². The number of nitrogens with two attached hydrogens (primary N) is 2. The first-order chi connectivity index (χ1) is 16.2. The van der Waals surface area contributed by atoms with Gasteiger partial charge in [0.15, 0.2) is 0 Å². The molecule has 2 aromatic rings. The number of aliphatic hydroxyl groups is 2. The molecule has 0 unspecified atom stereocenters. The van der Waals surface area contributed by atoms with Crippen LogP contribution in [0.3, 0.4) is 0 Å². The quantitative estimate of drug-likeness (QED) is 0.135. The fourth-order valence-corrected chi connectivity index (χ4v) is 1.78. The summed E-state index contributed by atoms with van der Waals surface area (Å²) in [5.74, 6) is -3.49. The Bertz CT molecular complexity index is 698. The molecule has 0 aromatic heterocycles. The molecule has 0 saturated carbocycles. The minimum absolute atomic E-state index is 0. The minimum Gasteiger partial charge on any atom is -0.545 e. The monoisotopic (exact) mass is 549 g/mol. The van der Waals surface area contributed by atoms with Crippen molar-refractivity contribution in [3.05, 3.63) is 71.3 Å². The van der Waals surface area contributed by atoms with Crippen molar-refractivity contribution < 1.29 is 55.9 Å². The summed E-state index contributed by atoms with van der Waals surface area (Å²) in [7, 11) is 0. The van der Waals surface area contributed by atoms with E-state index >= 15 is 0 Å². The van der Waals surface area contributed by atoms with E-state index in [1.807, 2.05) is 0 Å². The van der Waals surface area contributed by atoms with Crippen LogP contribution in [0.1, 0.15) is 20.7 Å². The Morgan fingerprint density at radius 2 is 0.971 bits per heavy atom. The van der Waals surface area contributed by atoms with E-state index in [1.165, 1.54) is 0 Å². The summed E-state index contributed by atoms with van der Waals surface area (Å²) in [6, 6.07) is 8.93. The molecular formula is C22H32CuF2N4O6. The molecule has 0 amide bonds. The van der Waals surface area contributed by atoms with Gasteiger partial charge in [-0.25, -0.2) is 8.78 Å². The summed E-state index contributed by atoms with van der Waals surface area (Å²) in [4.78, 5) is 20.2. The van der Waals surface area contributed by atoms with Crippen molar-refractivity contribution >= 4 is 11.9 Å². The van der Waals surface area contributed by atoms with Crippen molar-refractivity contribution in [3.63, 3.8) is 0 Å². The molecule has 0 bridgehead atoms. The van der Waals surface area contributed by atoms with Gasteiger partial charge in [-0.1, -0.05) is 24.3 Å². The van der Waals surface area contributed by atoms with Crippen molar-refractivity contribution in [2.45, 2.75) is 0 Å². The Morgan fingerprint density at radius 1 is 0.686 bits per heavy atom. The number of aromatic carboxylic acids is 2. The fourth-order valence-electron chi connectivity index (χ4n) is 1.78. The molecular weight excluding hydrogens is 518 g/mol. The number of carboxylic acid groups (broad SMARTS) is 2. The van der Waals surface area contributed by atoms with Crippen LogP contribution in [-0.2, 0) is 17.1 Å². The molecule has 35 heavy (non-hydrogen) atoms. The summed E-state index contributed by atoms with van der Waals surface area (Å²) in [5.41, 5.74) is 10.2. The van der Waals surface area contributed by atoms with E-state index in [9.17, 15) is 28.6 Å². The molecule has 0 heterocycles. The van der Waals surface area contributed by atoms with Crippen LogP contribution in [0.25, 0.3) is 0 Å². The molecule has 8 N–H and O–H groups in total. The molecule has 10 nitrogen and oxygen atoms in total.